The van der Waals surface area contributed by atoms with E-state index in [1.165, 1.54) is 16.7 Å². The summed E-state index contributed by atoms with van der Waals surface area (Å²) in [5, 5.41) is 0. The quantitative estimate of drug-likeness (QED) is 0.731. The smallest absolute Gasteiger partial charge is 0.166 e. The van der Waals surface area contributed by atoms with Crippen molar-refractivity contribution in [3.8, 4) is 11.1 Å². The largest absolute Gasteiger partial charge is 0.357 e. The van der Waals surface area contributed by atoms with Crippen molar-refractivity contribution >= 4 is 5.78 Å². The van der Waals surface area contributed by atoms with Crippen LogP contribution >= 0.6 is 0 Å². The molecule has 0 spiro atoms. The van der Waals surface area contributed by atoms with Gasteiger partial charge in [-0.25, -0.2) is 0 Å². The van der Waals surface area contributed by atoms with Crippen LogP contribution in [0.15, 0.2) is 36.7 Å². The molecule has 1 atom stereocenters. The van der Waals surface area contributed by atoms with E-state index in [1.807, 2.05) is 36.9 Å². The number of ketones is 1. The standard InChI is InChI=1S/C15H15NO/c1-10-8-14-12(11-6-7-16(2)9-11)4-3-5-13(14)15(10)17/h3-7,9-10H,8H2,1-2H3. The lowest BCUT2D eigenvalue weighted by Crippen LogP contribution is -2.02. The molecule has 3 rings (SSSR count). The topological polar surface area (TPSA) is 22.0 Å². The number of carbonyl (C=O) groups excluding carboxylic acids is 1. The molecule has 1 aromatic heterocycles. The fourth-order valence-corrected chi connectivity index (χ4v) is 2.64. The molecule has 0 saturated carbocycles. The highest BCUT2D eigenvalue weighted by Gasteiger charge is 2.28. The van der Waals surface area contributed by atoms with E-state index in [4.69, 9.17) is 0 Å². The molecule has 1 unspecified atom stereocenters. The molecule has 0 aliphatic heterocycles. The first-order valence-electron chi connectivity index (χ1n) is 5.95. The molecule has 0 bridgehead atoms. The highest BCUT2D eigenvalue weighted by molar-refractivity contribution is 6.03. The van der Waals surface area contributed by atoms with E-state index in [2.05, 4.69) is 18.3 Å². The van der Waals surface area contributed by atoms with Gasteiger partial charge in [-0.1, -0.05) is 25.1 Å². The summed E-state index contributed by atoms with van der Waals surface area (Å²) in [6, 6.07) is 8.15. The van der Waals surface area contributed by atoms with Crippen molar-refractivity contribution < 1.29 is 4.79 Å². The number of carbonyl (C=O) groups is 1. The van der Waals surface area contributed by atoms with Crippen molar-refractivity contribution in [2.24, 2.45) is 13.0 Å². The monoisotopic (exact) mass is 225 g/mol. The van der Waals surface area contributed by atoms with Crippen LogP contribution in [0.3, 0.4) is 0 Å². The fraction of sp³-hybridized carbons (Fsp3) is 0.267. The van der Waals surface area contributed by atoms with E-state index in [9.17, 15) is 4.79 Å². The zero-order chi connectivity index (χ0) is 12.0. The van der Waals surface area contributed by atoms with Crippen LogP contribution in [0.4, 0.5) is 0 Å². The van der Waals surface area contributed by atoms with E-state index < -0.39 is 0 Å². The molecule has 1 aromatic carbocycles. The molecule has 2 heteroatoms. The number of Topliss-reactive ketones (excluding diaryl/α,β-unsaturated/α-hetero) is 1. The number of benzene rings is 1. The summed E-state index contributed by atoms with van der Waals surface area (Å²) in [6.45, 7) is 2.01. The lowest BCUT2D eigenvalue weighted by atomic mass is 9.99. The Balaban J connectivity index is 2.18. The summed E-state index contributed by atoms with van der Waals surface area (Å²) in [5.41, 5.74) is 4.54. The molecule has 0 fully saturated rings. The Morgan fingerprint density at radius 2 is 2.00 bits per heavy atom. The number of aryl methyl sites for hydroxylation is 1. The second-order valence-corrected chi connectivity index (χ2v) is 4.87. The number of rotatable bonds is 1. The minimum absolute atomic E-state index is 0.134. The van der Waals surface area contributed by atoms with Gasteiger partial charge in [-0.3, -0.25) is 4.79 Å². The van der Waals surface area contributed by atoms with Gasteiger partial charge in [0.1, 0.15) is 0 Å². The summed E-state index contributed by atoms with van der Waals surface area (Å²) in [5.74, 6) is 0.424. The molecule has 0 radical (unpaired) electrons. The van der Waals surface area contributed by atoms with E-state index >= 15 is 0 Å². The number of nitrogens with zero attached hydrogens (tertiary/aromatic N) is 1. The van der Waals surface area contributed by atoms with E-state index in [1.54, 1.807) is 0 Å². The summed E-state index contributed by atoms with van der Waals surface area (Å²) < 4.78 is 2.04. The summed E-state index contributed by atoms with van der Waals surface area (Å²) >= 11 is 0. The lowest BCUT2D eigenvalue weighted by Gasteiger charge is -2.05. The summed E-state index contributed by atoms with van der Waals surface area (Å²) in [6.07, 6.45) is 5.01. The maximum atomic E-state index is 12.0. The van der Waals surface area contributed by atoms with Gasteiger partial charge in [0.15, 0.2) is 5.78 Å². The van der Waals surface area contributed by atoms with Crippen molar-refractivity contribution in [3.05, 3.63) is 47.8 Å². The van der Waals surface area contributed by atoms with Crippen molar-refractivity contribution in [2.75, 3.05) is 0 Å². The third-order valence-corrected chi connectivity index (χ3v) is 3.54. The van der Waals surface area contributed by atoms with Gasteiger partial charge < -0.3 is 4.57 Å². The molecule has 1 aliphatic carbocycles. The van der Waals surface area contributed by atoms with Gasteiger partial charge in [-0.05, 0) is 29.2 Å². The van der Waals surface area contributed by atoms with Gasteiger partial charge in [0.2, 0.25) is 0 Å². The Labute approximate surface area is 101 Å². The zero-order valence-corrected chi connectivity index (χ0v) is 10.1. The second-order valence-electron chi connectivity index (χ2n) is 4.87. The SMILES string of the molecule is CC1Cc2c(cccc2-c2ccn(C)c2)C1=O. The van der Waals surface area contributed by atoms with Crippen molar-refractivity contribution in [1.29, 1.82) is 0 Å². The number of fused-ring (bicyclic) bond motifs is 1. The average Bonchev–Trinajstić information content (AvgIpc) is 2.85. The van der Waals surface area contributed by atoms with E-state index in [0.29, 0.717) is 0 Å². The second kappa shape index (κ2) is 3.59. The predicted molar refractivity (Wildman–Crippen MR) is 68.0 cm³/mol. The number of hydrogen-bond donors (Lipinski definition) is 0. The molecule has 0 saturated heterocycles. The van der Waals surface area contributed by atoms with E-state index in [-0.39, 0.29) is 11.7 Å². The molecule has 86 valence electrons. The van der Waals surface area contributed by atoms with Crippen LogP contribution in [0.1, 0.15) is 22.8 Å². The predicted octanol–water partition coefficient (Wildman–Crippen LogP) is 3.07. The molecule has 0 amide bonds. The van der Waals surface area contributed by atoms with Gasteiger partial charge in [-0.2, -0.15) is 0 Å². The van der Waals surface area contributed by atoms with Gasteiger partial charge in [0, 0.05) is 30.9 Å². The van der Waals surface area contributed by atoms with E-state index in [0.717, 1.165) is 12.0 Å². The highest BCUT2D eigenvalue weighted by Crippen LogP contribution is 2.34. The minimum Gasteiger partial charge on any atom is -0.357 e. The molecular weight excluding hydrogens is 210 g/mol. The number of aromatic nitrogens is 1. The van der Waals surface area contributed by atoms with Crippen LogP contribution in [-0.2, 0) is 13.5 Å². The number of hydrogen-bond acceptors (Lipinski definition) is 1. The zero-order valence-electron chi connectivity index (χ0n) is 10.1. The summed E-state index contributed by atoms with van der Waals surface area (Å²) in [4.78, 5) is 12.0. The Hall–Kier alpha value is -1.83. The first kappa shape index (κ1) is 10.3. The Morgan fingerprint density at radius 3 is 2.71 bits per heavy atom. The molecule has 17 heavy (non-hydrogen) atoms. The molecule has 2 aromatic rings. The third kappa shape index (κ3) is 1.52. The van der Waals surface area contributed by atoms with Crippen LogP contribution < -0.4 is 0 Å². The summed E-state index contributed by atoms with van der Waals surface area (Å²) in [7, 11) is 2.01. The fourth-order valence-electron chi connectivity index (χ4n) is 2.64. The first-order chi connectivity index (χ1) is 8.16. The molecule has 0 N–H and O–H groups in total. The molecule has 1 heterocycles. The van der Waals surface area contributed by atoms with Crippen LogP contribution in [0.2, 0.25) is 0 Å². The van der Waals surface area contributed by atoms with Gasteiger partial charge in [-0.15, -0.1) is 0 Å². The Kier molecular flexibility index (Phi) is 2.18. The average molecular weight is 225 g/mol. The first-order valence-corrected chi connectivity index (χ1v) is 5.95. The molecular formula is C15H15NO. The van der Waals surface area contributed by atoms with Crippen LogP contribution in [0.25, 0.3) is 11.1 Å². The Bertz CT molecular complexity index is 595. The molecule has 1 aliphatic rings. The normalized spacial score (nSPS) is 18.5. The van der Waals surface area contributed by atoms with Gasteiger partial charge in [0.25, 0.3) is 0 Å². The minimum atomic E-state index is 0.134. The van der Waals surface area contributed by atoms with Crippen molar-refractivity contribution in [3.63, 3.8) is 0 Å². The van der Waals surface area contributed by atoms with Crippen LogP contribution in [0.5, 0.6) is 0 Å². The third-order valence-electron chi connectivity index (χ3n) is 3.54. The van der Waals surface area contributed by atoms with Crippen LogP contribution in [-0.4, -0.2) is 10.4 Å². The van der Waals surface area contributed by atoms with Gasteiger partial charge >= 0.3 is 0 Å². The maximum absolute atomic E-state index is 12.0. The lowest BCUT2D eigenvalue weighted by molar-refractivity contribution is 0.0946. The Morgan fingerprint density at radius 1 is 1.24 bits per heavy atom. The maximum Gasteiger partial charge on any atom is 0.166 e. The molecule has 2 nitrogen and oxygen atoms in total. The van der Waals surface area contributed by atoms with Crippen molar-refractivity contribution in [2.45, 2.75) is 13.3 Å². The van der Waals surface area contributed by atoms with Crippen molar-refractivity contribution in [1.82, 2.24) is 4.57 Å². The van der Waals surface area contributed by atoms with Crippen LogP contribution in [0, 0.1) is 5.92 Å². The van der Waals surface area contributed by atoms with Gasteiger partial charge in [0.05, 0.1) is 0 Å². The highest BCUT2D eigenvalue weighted by atomic mass is 16.1.